The van der Waals surface area contributed by atoms with Crippen LogP contribution in [0.5, 0.6) is 0 Å². The molecule has 0 saturated carbocycles. The van der Waals surface area contributed by atoms with Gasteiger partial charge in [-0.1, -0.05) is 6.92 Å². The maximum atomic E-state index is 11.4. The molecule has 1 saturated heterocycles. The number of carbonyl (C=O) groups excluding carboxylic acids is 2. The second kappa shape index (κ2) is 5.81. The largest absolute Gasteiger partial charge is 0.341 e. The number of piperidine rings is 1. The number of hydrogen-bond acceptors (Lipinski definition) is 4. The molecule has 1 aliphatic heterocycles. The fourth-order valence-corrected chi connectivity index (χ4v) is 1.75. The Morgan fingerprint density at radius 2 is 2.19 bits per heavy atom. The lowest BCUT2D eigenvalue weighted by atomic mass is 9.94. The molecule has 1 heterocycles. The first-order chi connectivity index (χ1) is 7.52. The zero-order chi connectivity index (χ0) is 12.1. The Bertz CT molecular complexity index is 270. The second-order valence-corrected chi connectivity index (χ2v) is 4.29. The summed E-state index contributed by atoms with van der Waals surface area (Å²) in [5.41, 5.74) is 5.92. The van der Waals surface area contributed by atoms with Gasteiger partial charge in [-0.2, -0.15) is 0 Å². The monoisotopic (exact) mass is 228 g/mol. The van der Waals surface area contributed by atoms with Crippen molar-refractivity contribution in [2.45, 2.75) is 19.4 Å². The molecule has 2 unspecified atom stereocenters. The number of nitrogens with zero attached hydrogens (tertiary/aromatic N) is 1. The summed E-state index contributed by atoms with van der Waals surface area (Å²) in [5, 5.41) is 4.57. The standard InChI is InChI=1S/C10H20N4O2/c1-7-3-4-14(5-8(7)11)6-9(15)13-10(16)12-2/h7-8H,3-6,11H2,1-2H3,(H2,12,13,15,16). The molecule has 1 rings (SSSR count). The number of nitrogens with one attached hydrogen (secondary N) is 2. The van der Waals surface area contributed by atoms with Crippen LogP contribution in [0.2, 0.25) is 0 Å². The fraction of sp³-hybridized carbons (Fsp3) is 0.800. The van der Waals surface area contributed by atoms with E-state index >= 15 is 0 Å². The molecule has 0 aromatic rings. The Labute approximate surface area is 95.5 Å². The average Bonchev–Trinajstić information content (AvgIpc) is 2.23. The summed E-state index contributed by atoms with van der Waals surface area (Å²) in [5.74, 6) is 0.208. The van der Waals surface area contributed by atoms with Crippen LogP contribution in [-0.2, 0) is 4.79 Å². The minimum absolute atomic E-state index is 0.113. The summed E-state index contributed by atoms with van der Waals surface area (Å²) in [6, 6.07) is -0.360. The lowest BCUT2D eigenvalue weighted by Gasteiger charge is -2.34. The van der Waals surface area contributed by atoms with Crippen molar-refractivity contribution in [1.82, 2.24) is 15.5 Å². The van der Waals surface area contributed by atoms with E-state index in [9.17, 15) is 9.59 Å². The maximum absolute atomic E-state index is 11.4. The van der Waals surface area contributed by atoms with Crippen molar-refractivity contribution in [3.8, 4) is 0 Å². The Kier molecular flexibility index (Phi) is 4.70. The predicted molar refractivity (Wildman–Crippen MR) is 60.8 cm³/mol. The van der Waals surface area contributed by atoms with Gasteiger partial charge in [0.15, 0.2) is 0 Å². The van der Waals surface area contributed by atoms with Gasteiger partial charge in [-0.3, -0.25) is 15.0 Å². The molecule has 16 heavy (non-hydrogen) atoms. The molecule has 6 nitrogen and oxygen atoms in total. The van der Waals surface area contributed by atoms with E-state index < -0.39 is 6.03 Å². The van der Waals surface area contributed by atoms with Crippen LogP contribution in [0, 0.1) is 5.92 Å². The number of nitrogens with two attached hydrogens (primary N) is 1. The minimum atomic E-state index is -0.473. The zero-order valence-corrected chi connectivity index (χ0v) is 9.82. The lowest BCUT2D eigenvalue weighted by Crippen LogP contribution is -2.51. The maximum Gasteiger partial charge on any atom is 0.321 e. The molecule has 1 aliphatic rings. The highest BCUT2D eigenvalue weighted by Crippen LogP contribution is 2.14. The topological polar surface area (TPSA) is 87.5 Å². The Hall–Kier alpha value is -1.14. The zero-order valence-electron chi connectivity index (χ0n) is 9.82. The van der Waals surface area contributed by atoms with Crippen molar-refractivity contribution in [2.75, 3.05) is 26.7 Å². The van der Waals surface area contributed by atoms with E-state index in [1.807, 2.05) is 4.90 Å². The number of rotatable bonds is 2. The summed E-state index contributed by atoms with van der Waals surface area (Å²) in [7, 11) is 1.47. The van der Waals surface area contributed by atoms with Gasteiger partial charge in [0.2, 0.25) is 5.91 Å². The van der Waals surface area contributed by atoms with E-state index in [0.717, 1.165) is 13.0 Å². The van der Waals surface area contributed by atoms with Crippen LogP contribution in [0.25, 0.3) is 0 Å². The molecule has 0 aromatic heterocycles. The molecule has 0 aliphatic carbocycles. The van der Waals surface area contributed by atoms with Crippen LogP contribution >= 0.6 is 0 Å². The molecule has 0 radical (unpaired) electrons. The van der Waals surface area contributed by atoms with Crippen LogP contribution in [0.15, 0.2) is 0 Å². The third-order valence-electron chi connectivity index (χ3n) is 2.95. The Morgan fingerprint density at radius 3 is 2.75 bits per heavy atom. The van der Waals surface area contributed by atoms with Gasteiger partial charge in [-0.05, 0) is 18.9 Å². The summed E-state index contributed by atoms with van der Waals surface area (Å²) < 4.78 is 0. The van der Waals surface area contributed by atoms with Gasteiger partial charge in [0.25, 0.3) is 0 Å². The molecule has 4 N–H and O–H groups in total. The third-order valence-corrected chi connectivity index (χ3v) is 2.95. The van der Waals surface area contributed by atoms with Crippen molar-refractivity contribution in [3.05, 3.63) is 0 Å². The van der Waals surface area contributed by atoms with Gasteiger partial charge in [0.1, 0.15) is 0 Å². The van der Waals surface area contributed by atoms with Crippen LogP contribution < -0.4 is 16.4 Å². The van der Waals surface area contributed by atoms with Gasteiger partial charge in [0, 0.05) is 19.6 Å². The highest BCUT2D eigenvalue weighted by molar-refractivity contribution is 5.95. The summed E-state index contributed by atoms with van der Waals surface area (Å²) in [6.07, 6.45) is 0.994. The summed E-state index contributed by atoms with van der Waals surface area (Å²) >= 11 is 0. The van der Waals surface area contributed by atoms with E-state index in [4.69, 9.17) is 5.73 Å². The Morgan fingerprint density at radius 1 is 1.50 bits per heavy atom. The van der Waals surface area contributed by atoms with Gasteiger partial charge in [-0.15, -0.1) is 0 Å². The normalized spacial score (nSPS) is 26.2. The van der Waals surface area contributed by atoms with E-state index in [-0.39, 0.29) is 18.5 Å². The van der Waals surface area contributed by atoms with Crippen molar-refractivity contribution < 1.29 is 9.59 Å². The van der Waals surface area contributed by atoms with Crippen LogP contribution in [-0.4, -0.2) is 49.6 Å². The van der Waals surface area contributed by atoms with E-state index in [1.165, 1.54) is 7.05 Å². The number of imide groups is 1. The second-order valence-electron chi connectivity index (χ2n) is 4.29. The van der Waals surface area contributed by atoms with Gasteiger partial charge >= 0.3 is 6.03 Å². The van der Waals surface area contributed by atoms with Gasteiger partial charge in [0.05, 0.1) is 6.54 Å². The molecule has 6 heteroatoms. The highest BCUT2D eigenvalue weighted by Gasteiger charge is 2.24. The molecular weight excluding hydrogens is 208 g/mol. The van der Waals surface area contributed by atoms with Crippen molar-refractivity contribution >= 4 is 11.9 Å². The number of hydrogen-bond donors (Lipinski definition) is 3. The smallest absolute Gasteiger partial charge is 0.321 e. The van der Waals surface area contributed by atoms with Crippen molar-refractivity contribution in [3.63, 3.8) is 0 Å². The number of carbonyl (C=O) groups is 2. The molecule has 3 amide bonds. The Balaban J connectivity index is 2.32. The van der Waals surface area contributed by atoms with Gasteiger partial charge in [-0.25, -0.2) is 4.79 Å². The molecular formula is C10H20N4O2. The highest BCUT2D eigenvalue weighted by atomic mass is 16.2. The van der Waals surface area contributed by atoms with E-state index in [2.05, 4.69) is 17.6 Å². The molecule has 2 atom stereocenters. The summed E-state index contributed by atoms with van der Waals surface area (Å²) in [4.78, 5) is 24.3. The van der Waals surface area contributed by atoms with Crippen LogP contribution in [0.1, 0.15) is 13.3 Å². The quantitative estimate of drug-likeness (QED) is 0.572. The first-order valence-corrected chi connectivity index (χ1v) is 5.52. The minimum Gasteiger partial charge on any atom is -0.341 e. The first kappa shape index (κ1) is 12.9. The molecule has 0 spiro atoms. The van der Waals surface area contributed by atoms with Crippen LogP contribution in [0.4, 0.5) is 4.79 Å². The fourth-order valence-electron chi connectivity index (χ4n) is 1.75. The predicted octanol–water partition coefficient (Wildman–Crippen LogP) is -0.889. The number of likely N-dealkylation sites (tertiary alicyclic amines) is 1. The number of urea groups is 1. The van der Waals surface area contributed by atoms with E-state index in [1.54, 1.807) is 0 Å². The molecule has 0 aromatic carbocycles. The number of amides is 3. The molecule has 92 valence electrons. The third kappa shape index (κ3) is 3.79. The molecule has 0 bridgehead atoms. The lowest BCUT2D eigenvalue weighted by molar-refractivity contribution is -0.121. The average molecular weight is 228 g/mol. The van der Waals surface area contributed by atoms with Gasteiger partial charge < -0.3 is 11.1 Å². The van der Waals surface area contributed by atoms with Crippen molar-refractivity contribution in [1.29, 1.82) is 0 Å². The van der Waals surface area contributed by atoms with Crippen molar-refractivity contribution in [2.24, 2.45) is 11.7 Å². The SMILES string of the molecule is CNC(=O)NC(=O)CN1CCC(C)C(N)C1. The van der Waals surface area contributed by atoms with E-state index in [0.29, 0.717) is 12.5 Å². The molecule has 1 fully saturated rings. The first-order valence-electron chi connectivity index (χ1n) is 5.52. The summed E-state index contributed by atoms with van der Waals surface area (Å²) in [6.45, 7) is 3.92. The van der Waals surface area contributed by atoms with Crippen LogP contribution in [0.3, 0.4) is 0 Å².